The molecule has 1 saturated heterocycles. The van der Waals surface area contributed by atoms with Crippen molar-refractivity contribution in [2.45, 2.75) is 44.4 Å². The number of rotatable bonds is 8. The average Bonchev–Trinajstić information content (AvgIpc) is 3.64. The maximum Gasteiger partial charge on any atom is 0.266 e. The normalized spacial score (nSPS) is 20.7. The minimum absolute atomic E-state index is 0.0712. The van der Waals surface area contributed by atoms with Crippen LogP contribution in [-0.4, -0.2) is 52.0 Å². The molecular weight excluding hydrogens is 606 g/mol. The fraction of sp³-hybridized carbons (Fsp3) is 0.256. The second-order valence-corrected chi connectivity index (χ2v) is 12.5. The molecule has 244 valence electrons. The third-order valence-corrected chi connectivity index (χ3v) is 9.63. The molecule has 3 heterocycles. The van der Waals surface area contributed by atoms with Crippen molar-refractivity contribution >= 4 is 34.8 Å². The first-order valence-corrected chi connectivity index (χ1v) is 16.3. The van der Waals surface area contributed by atoms with Crippen molar-refractivity contribution in [2.24, 2.45) is 5.92 Å². The highest BCUT2D eigenvalue weighted by Gasteiger charge is 2.53. The van der Waals surface area contributed by atoms with E-state index in [1.807, 2.05) is 48.5 Å². The van der Waals surface area contributed by atoms with Gasteiger partial charge in [-0.1, -0.05) is 73.7 Å². The highest BCUT2D eigenvalue weighted by Crippen LogP contribution is 2.49. The Morgan fingerprint density at radius 3 is 2.48 bits per heavy atom. The molecule has 0 aromatic heterocycles. The van der Waals surface area contributed by atoms with Crippen molar-refractivity contribution in [3.63, 3.8) is 0 Å². The molecule has 3 amide bonds. The lowest BCUT2D eigenvalue weighted by Gasteiger charge is -2.29. The second-order valence-electron chi connectivity index (χ2n) is 12.5. The molecule has 1 fully saturated rings. The molecule has 0 saturated carbocycles. The van der Waals surface area contributed by atoms with Gasteiger partial charge in [0.05, 0.1) is 36.1 Å². The van der Waals surface area contributed by atoms with E-state index in [2.05, 4.69) is 0 Å². The summed E-state index contributed by atoms with van der Waals surface area (Å²) in [6.45, 7) is 2.53. The summed E-state index contributed by atoms with van der Waals surface area (Å²) in [5.41, 5.74) is 1.21. The van der Waals surface area contributed by atoms with Gasteiger partial charge in [0.25, 0.3) is 11.8 Å². The van der Waals surface area contributed by atoms with Gasteiger partial charge in [-0.05, 0) is 60.9 Å². The Morgan fingerprint density at radius 1 is 0.958 bits per heavy atom. The first-order valence-electron chi connectivity index (χ1n) is 16.3. The molecular formula is C39H37N3O6. The molecule has 4 aromatic carbocycles. The molecule has 7 rings (SSSR count). The minimum Gasteiger partial charge on any atom is -0.454 e. The Morgan fingerprint density at radius 2 is 1.69 bits per heavy atom. The van der Waals surface area contributed by atoms with Gasteiger partial charge in [-0.25, -0.2) is 0 Å². The summed E-state index contributed by atoms with van der Waals surface area (Å²) in [6, 6.07) is 29.0. The van der Waals surface area contributed by atoms with E-state index in [1.54, 1.807) is 82.3 Å². The summed E-state index contributed by atoms with van der Waals surface area (Å²) in [7, 11) is 0. The summed E-state index contributed by atoms with van der Waals surface area (Å²) in [6.07, 6.45) is 5.11. The van der Waals surface area contributed by atoms with Crippen LogP contribution in [-0.2, 0) is 21.7 Å². The van der Waals surface area contributed by atoms with E-state index in [0.29, 0.717) is 46.2 Å². The maximum absolute atomic E-state index is 14.3. The lowest BCUT2D eigenvalue weighted by Crippen LogP contribution is -2.44. The molecule has 0 radical (unpaired) electrons. The van der Waals surface area contributed by atoms with Gasteiger partial charge in [0.15, 0.2) is 11.4 Å². The van der Waals surface area contributed by atoms with Gasteiger partial charge in [-0.3, -0.25) is 19.3 Å². The monoisotopic (exact) mass is 643 g/mol. The zero-order valence-electron chi connectivity index (χ0n) is 26.7. The Kier molecular flexibility index (Phi) is 8.33. The number of carbonyl (C=O) groups is 3. The molecule has 9 heteroatoms. The molecule has 0 aliphatic carbocycles. The van der Waals surface area contributed by atoms with Gasteiger partial charge in [0.2, 0.25) is 5.91 Å². The molecule has 3 aliphatic heterocycles. The largest absolute Gasteiger partial charge is 0.454 e. The highest BCUT2D eigenvalue weighted by molar-refractivity contribution is 6.15. The second kappa shape index (κ2) is 12.7. The van der Waals surface area contributed by atoms with Gasteiger partial charge in [-0.15, -0.1) is 0 Å². The van der Waals surface area contributed by atoms with E-state index >= 15 is 0 Å². The molecule has 0 bridgehead atoms. The van der Waals surface area contributed by atoms with E-state index < -0.39 is 17.4 Å². The van der Waals surface area contributed by atoms with Crippen LogP contribution in [0.3, 0.4) is 0 Å². The Labute approximate surface area is 279 Å². The Balaban J connectivity index is 1.28. The molecule has 2 N–H and O–H groups in total. The van der Waals surface area contributed by atoms with Gasteiger partial charge in [-0.2, -0.15) is 0 Å². The number of anilines is 3. The van der Waals surface area contributed by atoms with E-state index in [4.69, 9.17) is 4.74 Å². The first-order chi connectivity index (χ1) is 23.3. The fourth-order valence-electron chi connectivity index (χ4n) is 7.05. The van der Waals surface area contributed by atoms with Crippen LogP contribution in [0.25, 0.3) is 0 Å². The van der Waals surface area contributed by atoms with Crippen molar-refractivity contribution < 1.29 is 29.3 Å². The van der Waals surface area contributed by atoms with E-state index in [1.165, 1.54) is 0 Å². The molecule has 4 aromatic rings. The fourth-order valence-corrected chi connectivity index (χ4v) is 7.05. The van der Waals surface area contributed by atoms with Crippen LogP contribution in [0.4, 0.5) is 17.1 Å². The standard InChI is InChI=1S/C39H37N3O6/c1-26(11-9-19-36(44)40-22-10-14-29(40)25-43)39(47)31-23-28(20-21-32(31)41(38(39)46)24-27-12-3-2-4-13-27)42-33-16-6-8-18-35(33)48-34-17-7-5-15-30(34)37(42)45/h2-9,11-13,15-18,20-21,23,26,29,43,47H,10,14,19,22,24-25H2,1H3/b11-9+/t26-,29+,39+/m1/s1. The first kappa shape index (κ1) is 31.4. The summed E-state index contributed by atoms with van der Waals surface area (Å²) in [5.74, 6) is -0.690. The molecule has 9 nitrogen and oxygen atoms in total. The Hall–Kier alpha value is -5.25. The number of hydrogen-bond acceptors (Lipinski definition) is 6. The van der Waals surface area contributed by atoms with Crippen LogP contribution >= 0.6 is 0 Å². The number of hydrogen-bond donors (Lipinski definition) is 2. The maximum atomic E-state index is 14.3. The smallest absolute Gasteiger partial charge is 0.266 e. The summed E-state index contributed by atoms with van der Waals surface area (Å²) < 4.78 is 6.18. The van der Waals surface area contributed by atoms with E-state index in [-0.39, 0.29) is 37.4 Å². The number of nitrogens with zero attached hydrogens (tertiary/aromatic N) is 3. The highest BCUT2D eigenvalue weighted by atomic mass is 16.5. The number of aliphatic hydroxyl groups is 2. The number of para-hydroxylation sites is 3. The number of likely N-dealkylation sites (tertiary alicyclic amines) is 1. The van der Waals surface area contributed by atoms with E-state index in [9.17, 15) is 24.6 Å². The van der Waals surface area contributed by atoms with Crippen LogP contribution in [0.1, 0.15) is 47.7 Å². The van der Waals surface area contributed by atoms with Gasteiger partial charge in [0.1, 0.15) is 5.75 Å². The van der Waals surface area contributed by atoms with Gasteiger partial charge in [0, 0.05) is 30.1 Å². The van der Waals surface area contributed by atoms with Crippen LogP contribution in [0.2, 0.25) is 0 Å². The van der Waals surface area contributed by atoms with Crippen LogP contribution in [0, 0.1) is 5.92 Å². The molecule has 3 atom stereocenters. The number of ether oxygens (including phenoxy) is 1. The average molecular weight is 644 g/mol. The lowest BCUT2D eigenvalue weighted by molar-refractivity contribution is -0.139. The number of amides is 3. The quantitative estimate of drug-likeness (QED) is 0.226. The Bertz CT molecular complexity index is 1910. The third-order valence-electron chi connectivity index (χ3n) is 9.63. The zero-order chi connectivity index (χ0) is 33.4. The number of carbonyl (C=O) groups excluding carboxylic acids is 3. The van der Waals surface area contributed by atoms with Gasteiger partial charge < -0.3 is 24.7 Å². The molecule has 3 aliphatic rings. The number of fused-ring (bicyclic) bond motifs is 3. The SMILES string of the molecule is C[C@H](/C=C/CC(=O)N1CCC[C@H]1CO)[C@@]1(O)C(=O)N(Cc2ccccc2)c2ccc(N3C(=O)c4ccccc4Oc4ccccc43)cc21. The molecule has 0 spiro atoms. The van der Waals surface area contributed by atoms with Crippen molar-refractivity contribution in [1.82, 2.24) is 4.90 Å². The summed E-state index contributed by atoms with van der Waals surface area (Å²) in [4.78, 5) is 46.3. The zero-order valence-corrected chi connectivity index (χ0v) is 26.7. The predicted octanol–water partition coefficient (Wildman–Crippen LogP) is 6.07. The van der Waals surface area contributed by atoms with Crippen LogP contribution in [0.15, 0.2) is 109 Å². The van der Waals surface area contributed by atoms with Crippen molar-refractivity contribution in [3.05, 3.63) is 126 Å². The third kappa shape index (κ3) is 5.35. The minimum atomic E-state index is -1.98. The summed E-state index contributed by atoms with van der Waals surface area (Å²) >= 11 is 0. The predicted molar refractivity (Wildman–Crippen MR) is 182 cm³/mol. The number of aliphatic hydroxyl groups excluding tert-OH is 1. The molecule has 0 unspecified atom stereocenters. The van der Waals surface area contributed by atoms with Crippen LogP contribution in [0.5, 0.6) is 11.5 Å². The van der Waals surface area contributed by atoms with Crippen molar-refractivity contribution in [3.8, 4) is 11.5 Å². The lowest BCUT2D eigenvalue weighted by atomic mass is 9.82. The van der Waals surface area contributed by atoms with Crippen molar-refractivity contribution in [2.75, 3.05) is 23.0 Å². The topological polar surface area (TPSA) is 111 Å². The van der Waals surface area contributed by atoms with Gasteiger partial charge >= 0.3 is 0 Å². The van der Waals surface area contributed by atoms with Crippen LogP contribution < -0.4 is 14.5 Å². The summed E-state index contributed by atoms with van der Waals surface area (Å²) in [5, 5.41) is 22.1. The van der Waals surface area contributed by atoms with Crippen molar-refractivity contribution in [1.29, 1.82) is 0 Å². The molecule has 48 heavy (non-hydrogen) atoms. The number of benzene rings is 4. The van der Waals surface area contributed by atoms with E-state index in [0.717, 1.165) is 18.4 Å².